The standard InChI is InChI=1S/C14H15F3N2O/c1-9-6-12(4-5-20-9)19-11-3-2-10(8-18)13(7-11)14(15,16)17/h2-3,7,9,12,19H,4-6H2,1H3. The number of halogens is 3. The second-order valence-corrected chi connectivity index (χ2v) is 4.92. The van der Waals surface area contributed by atoms with Crippen LogP contribution in [0.25, 0.3) is 0 Å². The van der Waals surface area contributed by atoms with Crippen molar-refractivity contribution < 1.29 is 17.9 Å². The normalized spacial score (nSPS) is 23.1. The van der Waals surface area contributed by atoms with E-state index in [1.54, 1.807) is 6.07 Å². The Kier molecular flexibility index (Phi) is 4.19. The quantitative estimate of drug-likeness (QED) is 0.903. The molecule has 1 fully saturated rings. The summed E-state index contributed by atoms with van der Waals surface area (Å²) in [6.45, 7) is 2.54. The van der Waals surface area contributed by atoms with Gasteiger partial charge in [-0.25, -0.2) is 0 Å². The van der Waals surface area contributed by atoms with Gasteiger partial charge in [-0.3, -0.25) is 0 Å². The summed E-state index contributed by atoms with van der Waals surface area (Å²) in [7, 11) is 0. The van der Waals surface area contributed by atoms with Crippen molar-refractivity contribution in [3.63, 3.8) is 0 Å². The van der Waals surface area contributed by atoms with Crippen molar-refractivity contribution in [3.8, 4) is 6.07 Å². The molecule has 0 aliphatic carbocycles. The summed E-state index contributed by atoms with van der Waals surface area (Å²) >= 11 is 0. The van der Waals surface area contributed by atoms with Crippen LogP contribution in [0.3, 0.4) is 0 Å². The third kappa shape index (κ3) is 3.42. The molecule has 2 unspecified atom stereocenters. The van der Waals surface area contributed by atoms with Crippen LogP contribution in [0, 0.1) is 11.3 Å². The van der Waals surface area contributed by atoms with Crippen molar-refractivity contribution in [1.29, 1.82) is 5.26 Å². The van der Waals surface area contributed by atoms with Crippen LogP contribution in [0.4, 0.5) is 18.9 Å². The van der Waals surface area contributed by atoms with E-state index in [0.29, 0.717) is 12.3 Å². The average molecular weight is 284 g/mol. The number of nitriles is 1. The largest absolute Gasteiger partial charge is 0.417 e. The number of nitrogens with one attached hydrogen (secondary N) is 1. The molecule has 1 saturated heterocycles. The summed E-state index contributed by atoms with van der Waals surface area (Å²) in [6.07, 6.45) is -2.92. The Bertz CT molecular complexity index is 522. The van der Waals surface area contributed by atoms with E-state index < -0.39 is 11.7 Å². The minimum Gasteiger partial charge on any atom is -0.382 e. The maximum Gasteiger partial charge on any atom is 0.417 e. The van der Waals surface area contributed by atoms with Crippen LogP contribution in [0.15, 0.2) is 18.2 Å². The van der Waals surface area contributed by atoms with Gasteiger partial charge in [0.25, 0.3) is 0 Å². The SMILES string of the molecule is CC1CC(Nc2ccc(C#N)c(C(F)(F)F)c2)CCO1. The fourth-order valence-corrected chi connectivity index (χ4v) is 2.33. The van der Waals surface area contributed by atoms with E-state index >= 15 is 0 Å². The fraction of sp³-hybridized carbons (Fsp3) is 0.500. The van der Waals surface area contributed by atoms with Crippen molar-refractivity contribution in [1.82, 2.24) is 0 Å². The number of hydrogen-bond donors (Lipinski definition) is 1. The minimum absolute atomic E-state index is 0.0905. The highest BCUT2D eigenvalue weighted by atomic mass is 19.4. The molecule has 2 atom stereocenters. The minimum atomic E-state index is -4.52. The molecule has 1 aliphatic heterocycles. The molecule has 20 heavy (non-hydrogen) atoms. The van der Waals surface area contributed by atoms with E-state index in [2.05, 4.69) is 5.32 Å². The zero-order valence-electron chi connectivity index (χ0n) is 11.0. The third-order valence-corrected chi connectivity index (χ3v) is 3.30. The molecule has 0 radical (unpaired) electrons. The summed E-state index contributed by atoms with van der Waals surface area (Å²) in [4.78, 5) is 0. The maximum absolute atomic E-state index is 12.9. The number of benzene rings is 1. The van der Waals surface area contributed by atoms with Gasteiger partial charge in [-0.2, -0.15) is 18.4 Å². The first-order valence-electron chi connectivity index (χ1n) is 6.39. The molecule has 1 heterocycles. The van der Waals surface area contributed by atoms with Crippen LogP contribution in [-0.4, -0.2) is 18.8 Å². The Hall–Kier alpha value is -1.74. The highest BCUT2D eigenvalue weighted by Gasteiger charge is 2.34. The Balaban J connectivity index is 2.19. The van der Waals surface area contributed by atoms with E-state index in [4.69, 9.17) is 10.00 Å². The van der Waals surface area contributed by atoms with Gasteiger partial charge in [0.2, 0.25) is 0 Å². The molecule has 2 rings (SSSR count). The average Bonchev–Trinajstić information content (AvgIpc) is 2.37. The summed E-state index contributed by atoms with van der Waals surface area (Å²) < 4.78 is 44.0. The Morgan fingerprint density at radius 2 is 2.15 bits per heavy atom. The molecule has 0 saturated carbocycles. The van der Waals surface area contributed by atoms with Crippen molar-refractivity contribution in [2.45, 2.75) is 38.1 Å². The van der Waals surface area contributed by atoms with Gasteiger partial charge in [-0.1, -0.05) is 0 Å². The summed E-state index contributed by atoms with van der Waals surface area (Å²) in [6, 6.07) is 5.37. The predicted molar refractivity (Wildman–Crippen MR) is 68.2 cm³/mol. The van der Waals surface area contributed by atoms with Crippen LogP contribution in [0.5, 0.6) is 0 Å². The smallest absolute Gasteiger partial charge is 0.382 e. The highest BCUT2D eigenvalue weighted by molar-refractivity contribution is 5.53. The van der Waals surface area contributed by atoms with Crippen LogP contribution < -0.4 is 5.32 Å². The number of ether oxygens (including phenoxy) is 1. The zero-order chi connectivity index (χ0) is 14.8. The Morgan fingerprint density at radius 1 is 1.40 bits per heavy atom. The van der Waals surface area contributed by atoms with Crippen molar-refractivity contribution in [3.05, 3.63) is 29.3 Å². The second kappa shape index (κ2) is 5.71. The second-order valence-electron chi connectivity index (χ2n) is 4.92. The molecule has 108 valence electrons. The molecule has 1 aromatic carbocycles. The lowest BCUT2D eigenvalue weighted by Gasteiger charge is -2.29. The zero-order valence-corrected chi connectivity index (χ0v) is 11.0. The third-order valence-electron chi connectivity index (χ3n) is 3.30. The maximum atomic E-state index is 12.9. The van der Waals surface area contributed by atoms with E-state index in [1.807, 2.05) is 6.92 Å². The number of rotatable bonds is 2. The van der Waals surface area contributed by atoms with Crippen LogP contribution in [0.1, 0.15) is 30.9 Å². The lowest BCUT2D eigenvalue weighted by atomic mass is 10.0. The predicted octanol–water partition coefficient (Wildman–Crippen LogP) is 3.56. The van der Waals surface area contributed by atoms with Crippen LogP contribution in [0.2, 0.25) is 0 Å². The van der Waals surface area contributed by atoms with E-state index in [0.717, 1.165) is 18.9 Å². The summed E-state index contributed by atoms with van der Waals surface area (Å²) in [5.41, 5.74) is -0.871. The fourth-order valence-electron chi connectivity index (χ4n) is 2.33. The van der Waals surface area contributed by atoms with Gasteiger partial charge in [0, 0.05) is 18.3 Å². The summed E-state index contributed by atoms with van der Waals surface area (Å²) in [5, 5.41) is 11.8. The topological polar surface area (TPSA) is 45.0 Å². The number of hydrogen-bond acceptors (Lipinski definition) is 3. The van der Waals surface area contributed by atoms with Gasteiger partial charge >= 0.3 is 6.18 Å². The lowest BCUT2D eigenvalue weighted by molar-refractivity contribution is -0.137. The molecular formula is C14H15F3N2O. The van der Waals surface area contributed by atoms with Gasteiger partial charge in [-0.05, 0) is 38.0 Å². The van der Waals surface area contributed by atoms with Gasteiger partial charge in [0.1, 0.15) is 0 Å². The number of anilines is 1. The molecule has 0 amide bonds. The molecule has 0 aromatic heterocycles. The first-order chi connectivity index (χ1) is 9.40. The molecule has 1 aromatic rings. The molecule has 0 spiro atoms. The van der Waals surface area contributed by atoms with E-state index in [-0.39, 0.29) is 17.7 Å². The van der Waals surface area contributed by atoms with E-state index in [1.165, 1.54) is 12.1 Å². The molecular weight excluding hydrogens is 269 g/mol. The summed E-state index contributed by atoms with van der Waals surface area (Å²) in [5.74, 6) is 0. The molecule has 0 bridgehead atoms. The molecule has 1 N–H and O–H groups in total. The van der Waals surface area contributed by atoms with Crippen LogP contribution in [-0.2, 0) is 10.9 Å². The van der Waals surface area contributed by atoms with Crippen LogP contribution >= 0.6 is 0 Å². The Morgan fingerprint density at radius 3 is 2.75 bits per heavy atom. The van der Waals surface area contributed by atoms with E-state index in [9.17, 15) is 13.2 Å². The molecule has 1 aliphatic rings. The lowest BCUT2D eigenvalue weighted by Crippen LogP contribution is -2.32. The molecule has 3 nitrogen and oxygen atoms in total. The van der Waals surface area contributed by atoms with Crippen molar-refractivity contribution >= 4 is 5.69 Å². The van der Waals surface area contributed by atoms with Gasteiger partial charge in [0.15, 0.2) is 0 Å². The molecule has 6 heteroatoms. The first kappa shape index (κ1) is 14.7. The van der Waals surface area contributed by atoms with Crippen molar-refractivity contribution in [2.75, 3.05) is 11.9 Å². The van der Waals surface area contributed by atoms with Gasteiger partial charge < -0.3 is 10.1 Å². The van der Waals surface area contributed by atoms with Gasteiger partial charge in [0.05, 0.1) is 23.3 Å². The van der Waals surface area contributed by atoms with Crippen molar-refractivity contribution in [2.24, 2.45) is 0 Å². The van der Waals surface area contributed by atoms with Gasteiger partial charge in [-0.15, -0.1) is 0 Å². The Labute approximate surface area is 115 Å². The monoisotopic (exact) mass is 284 g/mol. The first-order valence-corrected chi connectivity index (χ1v) is 6.39. The highest BCUT2D eigenvalue weighted by Crippen LogP contribution is 2.34. The number of alkyl halides is 3. The number of nitrogens with zero attached hydrogens (tertiary/aromatic N) is 1.